The smallest absolute Gasteiger partial charge is 0.262 e. The molecule has 0 aliphatic carbocycles. The molecule has 1 N–H and O–H groups in total. The van der Waals surface area contributed by atoms with Crippen LogP contribution in [0.4, 0.5) is 5.69 Å². The molecule has 0 unspecified atom stereocenters. The Morgan fingerprint density at radius 2 is 1.92 bits per heavy atom. The molecule has 0 saturated heterocycles. The first-order valence-corrected chi connectivity index (χ1v) is 7.76. The average Bonchev–Trinajstić information content (AvgIpc) is 2.62. The molecule has 0 fully saturated rings. The van der Waals surface area contributed by atoms with Crippen molar-refractivity contribution in [2.24, 2.45) is 0 Å². The first-order valence-electron chi connectivity index (χ1n) is 7.76. The Hall–Kier alpha value is -3.33. The molecule has 0 aliphatic heterocycles. The number of anilines is 1. The van der Waals surface area contributed by atoms with Crippen molar-refractivity contribution < 1.29 is 19.1 Å². The van der Waals surface area contributed by atoms with E-state index >= 15 is 0 Å². The van der Waals surface area contributed by atoms with Crippen LogP contribution in [0.2, 0.25) is 0 Å². The maximum absolute atomic E-state index is 12.0. The lowest BCUT2D eigenvalue weighted by Gasteiger charge is -2.12. The molecule has 128 valence electrons. The Balaban J connectivity index is 1.95. The number of nitriles is 1. The van der Waals surface area contributed by atoms with E-state index in [1.54, 1.807) is 42.5 Å². The molecule has 0 saturated carbocycles. The number of ether oxygens (including phenoxy) is 2. The van der Waals surface area contributed by atoms with Crippen molar-refractivity contribution >= 4 is 17.9 Å². The molecule has 6 nitrogen and oxygen atoms in total. The van der Waals surface area contributed by atoms with Gasteiger partial charge in [0.2, 0.25) is 0 Å². The number of hydrogen-bond acceptors (Lipinski definition) is 5. The number of carbonyl (C=O) groups excluding carboxylic acids is 2. The highest BCUT2D eigenvalue weighted by atomic mass is 16.5. The monoisotopic (exact) mass is 338 g/mol. The van der Waals surface area contributed by atoms with Crippen molar-refractivity contribution in [1.82, 2.24) is 0 Å². The van der Waals surface area contributed by atoms with Gasteiger partial charge in [-0.15, -0.1) is 0 Å². The number of carbonyl (C=O) groups is 2. The van der Waals surface area contributed by atoms with E-state index in [1.807, 2.05) is 6.92 Å². The molecule has 6 heteroatoms. The van der Waals surface area contributed by atoms with E-state index in [0.29, 0.717) is 35.8 Å². The fraction of sp³-hybridized carbons (Fsp3) is 0.211. The average molecular weight is 338 g/mol. The van der Waals surface area contributed by atoms with Crippen LogP contribution in [0.5, 0.6) is 11.5 Å². The first-order chi connectivity index (χ1) is 12.2. The number of nitrogens with zero attached hydrogens (tertiary/aromatic N) is 1. The Labute approximate surface area is 146 Å². The number of hydrogen-bond donors (Lipinski definition) is 1. The van der Waals surface area contributed by atoms with Crippen LogP contribution < -0.4 is 14.8 Å². The molecule has 1 amide bonds. The highest BCUT2D eigenvalue weighted by molar-refractivity contribution is 5.91. The van der Waals surface area contributed by atoms with Crippen molar-refractivity contribution in [2.75, 3.05) is 18.5 Å². The molecular weight excluding hydrogens is 320 g/mol. The predicted octanol–water partition coefficient (Wildman–Crippen LogP) is 2.98. The van der Waals surface area contributed by atoms with Crippen LogP contribution in [-0.4, -0.2) is 25.4 Å². The summed E-state index contributed by atoms with van der Waals surface area (Å²) in [6.07, 6.45) is 1.04. The summed E-state index contributed by atoms with van der Waals surface area (Å²) < 4.78 is 10.9. The fourth-order valence-electron chi connectivity index (χ4n) is 2.12. The quantitative estimate of drug-likeness (QED) is 0.748. The lowest BCUT2D eigenvalue weighted by Crippen LogP contribution is -2.20. The maximum atomic E-state index is 12.0. The van der Waals surface area contributed by atoms with Gasteiger partial charge < -0.3 is 14.8 Å². The third-order valence-electron chi connectivity index (χ3n) is 3.28. The van der Waals surface area contributed by atoms with Crippen LogP contribution >= 0.6 is 0 Å². The van der Waals surface area contributed by atoms with Crippen LogP contribution in [0, 0.1) is 11.3 Å². The Bertz CT molecular complexity index is 779. The van der Waals surface area contributed by atoms with Gasteiger partial charge in [0.25, 0.3) is 5.91 Å². The summed E-state index contributed by atoms with van der Waals surface area (Å²) in [5.41, 5.74) is 1.97. The number of amides is 1. The number of nitrogens with one attached hydrogen (secondary N) is 1. The molecule has 25 heavy (non-hydrogen) atoms. The van der Waals surface area contributed by atoms with E-state index in [1.165, 1.54) is 0 Å². The molecular formula is C19H18N2O4. The minimum absolute atomic E-state index is 0.194. The van der Waals surface area contributed by atoms with Crippen LogP contribution in [0.25, 0.3) is 0 Å². The first kappa shape index (κ1) is 18.0. The number of rotatable bonds is 8. The maximum Gasteiger partial charge on any atom is 0.262 e. The highest BCUT2D eigenvalue weighted by Gasteiger charge is 2.09. The van der Waals surface area contributed by atoms with Crippen molar-refractivity contribution in [2.45, 2.75) is 13.3 Å². The Kier molecular flexibility index (Phi) is 6.55. The SMILES string of the molecule is CCOc1cc(C=O)ccc1OCC(=O)Nc1ccc(CC#N)cc1. The fourth-order valence-corrected chi connectivity index (χ4v) is 2.12. The zero-order valence-electron chi connectivity index (χ0n) is 13.8. The predicted molar refractivity (Wildman–Crippen MR) is 92.9 cm³/mol. The number of aldehydes is 1. The third kappa shape index (κ3) is 5.36. The van der Waals surface area contributed by atoms with Crippen LogP contribution in [0.3, 0.4) is 0 Å². The second kappa shape index (κ2) is 9.08. The minimum Gasteiger partial charge on any atom is -0.490 e. The standard InChI is InChI=1S/C19H18N2O4/c1-2-24-18-11-15(12-22)5-8-17(18)25-13-19(23)21-16-6-3-14(4-7-16)9-10-20/h3-8,11-12H,2,9,13H2,1H3,(H,21,23). The summed E-state index contributed by atoms with van der Waals surface area (Å²) >= 11 is 0. The normalized spacial score (nSPS) is 9.76. The number of benzene rings is 2. The molecule has 0 radical (unpaired) electrons. The summed E-state index contributed by atoms with van der Waals surface area (Å²) in [7, 11) is 0. The van der Waals surface area contributed by atoms with Gasteiger partial charge >= 0.3 is 0 Å². The van der Waals surface area contributed by atoms with E-state index in [-0.39, 0.29) is 12.5 Å². The lowest BCUT2D eigenvalue weighted by molar-refractivity contribution is -0.118. The van der Waals surface area contributed by atoms with Crippen molar-refractivity contribution in [3.63, 3.8) is 0 Å². The third-order valence-corrected chi connectivity index (χ3v) is 3.28. The van der Waals surface area contributed by atoms with E-state index in [4.69, 9.17) is 14.7 Å². The second-order valence-electron chi connectivity index (χ2n) is 5.13. The molecule has 2 aromatic rings. The van der Waals surface area contributed by atoms with Crippen LogP contribution in [0.15, 0.2) is 42.5 Å². The van der Waals surface area contributed by atoms with Gasteiger partial charge in [-0.2, -0.15) is 5.26 Å². The van der Waals surface area contributed by atoms with Crippen molar-refractivity contribution in [1.29, 1.82) is 5.26 Å². The summed E-state index contributed by atoms with van der Waals surface area (Å²) in [5, 5.41) is 11.4. The van der Waals surface area contributed by atoms with Gasteiger partial charge in [-0.05, 0) is 42.8 Å². The van der Waals surface area contributed by atoms with Crippen molar-refractivity contribution in [3.8, 4) is 17.6 Å². The summed E-state index contributed by atoms with van der Waals surface area (Å²) in [6.45, 7) is 2.04. The zero-order chi connectivity index (χ0) is 18.1. The molecule has 2 rings (SSSR count). The van der Waals surface area contributed by atoms with E-state index in [2.05, 4.69) is 11.4 Å². The van der Waals surface area contributed by atoms with Gasteiger partial charge in [0, 0.05) is 11.3 Å². The van der Waals surface area contributed by atoms with Gasteiger partial charge in [0.1, 0.15) is 6.29 Å². The van der Waals surface area contributed by atoms with E-state index in [0.717, 1.165) is 11.8 Å². The summed E-state index contributed by atoms with van der Waals surface area (Å²) in [4.78, 5) is 22.8. The van der Waals surface area contributed by atoms with E-state index in [9.17, 15) is 9.59 Å². The Morgan fingerprint density at radius 1 is 1.16 bits per heavy atom. The highest BCUT2D eigenvalue weighted by Crippen LogP contribution is 2.28. The lowest BCUT2D eigenvalue weighted by atomic mass is 10.1. The molecule has 0 heterocycles. The molecule has 0 aliphatic rings. The largest absolute Gasteiger partial charge is 0.490 e. The topological polar surface area (TPSA) is 88.4 Å². The van der Waals surface area contributed by atoms with Gasteiger partial charge in [0.05, 0.1) is 19.1 Å². The molecule has 0 bridgehead atoms. The summed E-state index contributed by atoms with van der Waals surface area (Å²) in [6, 6.07) is 13.9. The second-order valence-corrected chi connectivity index (χ2v) is 5.13. The minimum atomic E-state index is -0.324. The molecule has 0 spiro atoms. The van der Waals surface area contributed by atoms with Gasteiger partial charge in [-0.25, -0.2) is 0 Å². The van der Waals surface area contributed by atoms with E-state index < -0.39 is 0 Å². The van der Waals surface area contributed by atoms with Crippen LogP contribution in [-0.2, 0) is 11.2 Å². The molecule has 0 aromatic heterocycles. The Morgan fingerprint density at radius 3 is 2.56 bits per heavy atom. The molecule has 0 atom stereocenters. The van der Waals surface area contributed by atoms with Gasteiger partial charge in [-0.1, -0.05) is 12.1 Å². The van der Waals surface area contributed by atoms with Crippen molar-refractivity contribution in [3.05, 3.63) is 53.6 Å². The zero-order valence-corrected chi connectivity index (χ0v) is 13.8. The van der Waals surface area contributed by atoms with Gasteiger partial charge in [-0.3, -0.25) is 9.59 Å². The van der Waals surface area contributed by atoms with Gasteiger partial charge in [0.15, 0.2) is 18.1 Å². The molecule has 2 aromatic carbocycles. The van der Waals surface area contributed by atoms with Crippen LogP contribution in [0.1, 0.15) is 22.8 Å². The summed E-state index contributed by atoms with van der Waals surface area (Å²) in [5.74, 6) is 0.489.